The van der Waals surface area contributed by atoms with E-state index in [1.165, 1.54) is 0 Å². The van der Waals surface area contributed by atoms with Crippen LogP contribution in [0.15, 0.2) is 59.5 Å². The second kappa shape index (κ2) is 9.12. The zero-order valence-electron chi connectivity index (χ0n) is 16.2. The van der Waals surface area contributed by atoms with Gasteiger partial charge in [-0.1, -0.05) is 29.3 Å². The average molecular weight is 445 g/mol. The van der Waals surface area contributed by atoms with Crippen molar-refractivity contribution in [2.75, 3.05) is 13.7 Å². The minimum absolute atomic E-state index is 0.0775. The van der Waals surface area contributed by atoms with Crippen LogP contribution in [-0.2, 0) is 14.3 Å². The summed E-state index contributed by atoms with van der Waals surface area (Å²) in [6, 6.07) is 13.8. The molecule has 2 aromatic rings. The molecule has 0 saturated heterocycles. The summed E-state index contributed by atoms with van der Waals surface area (Å²) in [7, 11) is 1.55. The summed E-state index contributed by atoms with van der Waals surface area (Å²) in [6.07, 6.45) is 0. The van der Waals surface area contributed by atoms with E-state index in [0.717, 1.165) is 0 Å². The number of carbonyl (C=O) groups excluding carboxylic acids is 1. The number of methoxy groups -OCH3 is 1. The Labute approximate surface area is 184 Å². The van der Waals surface area contributed by atoms with Gasteiger partial charge in [-0.15, -0.1) is 0 Å². The molecule has 0 fully saturated rings. The van der Waals surface area contributed by atoms with E-state index < -0.39 is 11.9 Å². The number of hydrogen-bond acceptors (Lipinski definition) is 6. The molecule has 3 rings (SSSR count). The van der Waals surface area contributed by atoms with Crippen LogP contribution >= 0.6 is 23.2 Å². The van der Waals surface area contributed by atoms with Crippen molar-refractivity contribution in [3.8, 4) is 11.8 Å². The van der Waals surface area contributed by atoms with E-state index in [-0.39, 0.29) is 34.4 Å². The fourth-order valence-corrected chi connectivity index (χ4v) is 3.47. The van der Waals surface area contributed by atoms with Crippen LogP contribution in [0.2, 0.25) is 10.0 Å². The van der Waals surface area contributed by atoms with E-state index in [1.807, 2.05) is 6.07 Å². The molecular weight excluding hydrogens is 427 g/mol. The SMILES string of the molecule is CCOC(=O)C1=C(c2ccc(OC)cc2)OC(N)=C(C#N)C1c1ccc(Cl)c(Cl)c1. The van der Waals surface area contributed by atoms with Gasteiger partial charge >= 0.3 is 5.97 Å². The van der Waals surface area contributed by atoms with Gasteiger partial charge in [0.05, 0.1) is 35.3 Å². The molecule has 1 aliphatic heterocycles. The second-order valence-electron chi connectivity index (χ2n) is 6.29. The van der Waals surface area contributed by atoms with Crippen LogP contribution in [0.4, 0.5) is 0 Å². The van der Waals surface area contributed by atoms with Gasteiger partial charge < -0.3 is 19.9 Å². The van der Waals surface area contributed by atoms with Crippen LogP contribution in [0.1, 0.15) is 24.0 Å². The Morgan fingerprint density at radius 3 is 2.47 bits per heavy atom. The fourth-order valence-electron chi connectivity index (χ4n) is 3.16. The molecule has 1 heterocycles. The molecule has 30 heavy (non-hydrogen) atoms. The molecule has 1 aliphatic rings. The highest BCUT2D eigenvalue weighted by molar-refractivity contribution is 6.42. The van der Waals surface area contributed by atoms with Gasteiger partial charge in [0.1, 0.15) is 23.2 Å². The normalized spacial score (nSPS) is 16.0. The van der Waals surface area contributed by atoms with E-state index in [0.29, 0.717) is 21.9 Å². The lowest BCUT2D eigenvalue weighted by molar-refractivity contribution is -0.138. The second-order valence-corrected chi connectivity index (χ2v) is 7.10. The standard InChI is InChI=1S/C22H18Cl2N2O4/c1-3-29-22(27)19-18(13-6-9-16(23)17(24)10-13)15(11-25)21(26)30-20(19)12-4-7-14(28-2)8-5-12/h4-10,18H,3,26H2,1-2H3. The summed E-state index contributed by atoms with van der Waals surface area (Å²) in [5.74, 6) is -0.736. The van der Waals surface area contributed by atoms with Crippen LogP contribution < -0.4 is 10.5 Å². The number of nitrogens with zero attached hydrogens (tertiary/aromatic N) is 1. The molecule has 2 aromatic carbocycles. The maximum absolute atomic E-state index is 13.0. The zero-order valence-corrected chi connectivity index (χ0v) is 17.8. The molecule has 0 spiro atoms. The largest absolute Gasteiger partial charge is 0.497 e. The first-order valence-electron chi connectivity index (χ1n) is 8.99. The third-order valence-electron chi connectivity index (χ3n) is 4.54. The number of allylic oxidation sites excluding steroid dienone is 1. The average Bonchev–Trinajstić information content (AvgIpc) is 2.75. The first-order chi connectivity index (χ1) is 14.4. The number of nitrogens with two attached hydrogens (primary N) is 1. The van der Waals surface area contributed by atoms with Crippen molar-refractivity contribution < 1.29 is 19.0 Å². The highest BCUT2D eigenvalue weighted by Crippen LogP contribution is 2.44. The van der Waals surface area contributed by atoms with Gasteiger partial charge in [0, 0.05) is 5.56 Å². The Morgan fingerprint density at radius 1 is 1.20 bits per heavy atom. The van der Waals surface area contributed by atoms with Gasteiger partial charge in [-0.05, 0) is 48.9 Å². The molecule has 154 valence electrons. The summed E-state index contributed by atoms with van der Waals surface area (Å²) in [6.45, 7) is 1.84. The van der Waals surface area contributed by atoms with Crippen molar-refractivity contribution in [2.45, 2.75) is 12.8 Å². The number of halogens is 2. The quantitative estimate of drug-likeness (QED) is 0.666. The molecule has 8 heteroatoms. The van der Waals surface area contributed by atoms with Gasteiger partial charge in [-0.2, -0.15) is 5.26 Å². The van der Waals surface area contributed by atoms with E-state index in [9.17, 15) is 10.1 Å². The van der Waals surface area contributed by atoms with Gasteiger partial charge in [-0.3, -0.25) is 0 Å². The smallest absolute Gasteiger partial charge is 0.338 e. The van der Waals surface area contributed by atoms with E-state index in [2.05, 4.69) is 0 Å². The lowest BCUT2D eigenvalue weighted by atomic mass is 9.82. The van der Waals surface area contributed by atoms with Gasteiger partial charge in [-0.25, -0.2) is 4.79 Å². The fraction of sp³-hybridized carbons (Fsp3) is 0.182. The Balaban J connectivity index is 2.27. The number of nitriles is 1. The molecule has 1 atom stereocenters. The van der Waals surface area contributed by atoms with Crippen LogP contribution in [0.25, 0.3) is 5.76 Å². The summed E-state index contributed by atoms with van der Waals surface area (Å²) in [4.78, 5) is 13.0. The predicted octanol–water partition coefficient (Wildman–Crippen LogP) is 4.78. The first-order valence-corrected chi connectivity index (χ1v) is 9.75. The lowest BCUT2D eigenvalue weighted by Crippen LogP contribution is -2.25. The minimum Gasteiger partial charge on any atom is -0.497 e. The molecule has 0 amide bonds. The Kier molecular flexibility index (Phi) is 6.56. The molecular formula is C22H18Cl2N2O4. The van der Waals surface area contributed by atoms with Crippen LogP contribution in [0.3, 0.4) is 0 Å². The molecule has 6 nitrogen and oxygen atoms in total. The predicted molar refractivity (Wildman–Crippen MR) is 114 cm³/mol. The summed E-state index contributed by atoms with van der Waals surface area (Å²) >= 11 is 12.2. The maximum Gasteiger partial charge on any atom is 0.338 e. The number of rotatable bonds is 5. The number of carbonyl (C=O) groups is 1. The van der Waals surface area contributed by atoms with Crippen LogP contribution in [0.5, 0.6) is 5.75 Å². The topological polar surface area (TPSA) is 94.6 Å². The summed E-state index contributed by atoms with van der Waals surface area (Å²) in [5, 5.41) is 10.4. The van der Waals surface area contributed by atoms with Gasteiger partial charge in [0.15, 0.2) is 0 Å². The maximum atomic E-state index is 13.0. The van der Waals surface area contributed by atoms with Crippen molar-refractivity contribution in [2.24, 2.45) is 5.73 Å². The summed E-state index contributed by atoms with van der Waals surface area (Å²) < 4.78 is 16.2. The van der Waals surface area contributed by atoms with Crippen molar-refractivity contribution in [1.82, 2.24) is 0 Å². The van der Waals surface area contributed by atoms with Crippen LogP contribution in [-0.4, -0.2) is 19.7 Å². The number of hydrogen-bond donors (Lipinski definition) is 1. The molecule has 0 aliphatic carbocycles. The van der Waals surface area contributed by atoms with Crippen molar-refractivity contribution >= 4 is 34.9 Å². The highest BCUT2D eigenvalue weighted by atomic mass is 35.5. The van der Waals surface area contributed by atoms with Crippen LogP contribution in [0, 0.1) is 11.3 Å². The van der Waals surface area contributed by atoms with E-state index in [1.54, 1.807) is 56.5 Å². The van der Waals surface area contributed by atoms with Crippen molar-refractivity contribution in [3.05, 3.63) is 80.7 Å². The monoisotopic (exact) mass is 444 g/mol. The first kappa shape index (κ1) is 21.6. The molecule has 1 unspecified atom stereocenters. The Morgan fingerprint density at radius 2 is 1.90 bits per heavy atom. The van der Waals surface area contributed by atoms with Crippen molar-refractivity contribution in [3.63, 3.8) is 0 Å². The minimum atomic E-state index is -0.838. The molecule has 0 bridgehead atoms. The third-order valence-corrected chi connectivity index (χ3v) is 5.28. The molecule has 0 aromatic heterocycles. The van der Waals surface area contributed by atoms with Gasteiger partial charge in [0.25, 0.3) is 0 Å². The molecule has 2 N–H and O–H groups in total. The number of esters is 1. The number of ether oxygens (including phenoxy) is 3. The zero-order chi connectivity index (χ0) is 21.8. The Bertz CT molecular complexity index is 1090. The summed E-state index contributed by atoms with van der Waals surface area (Å²) in [5.41, 5.74) is 7.42. The Hall–Kier alpha value is -3.14. The van der Waals surface area contributed by atoms with Gasteiger partial charge in [0.2, 0.25) is 5.88 Å². The lowest BCUT2D eigenvalue weighted by Gasteiger charge is -2.28. The van der Waals surface area contributed by atoms with E-state index >= 15 is 0 Å². The molecule has 0 radical (unpaired) electrons. The highest BCUT2D eigenvalue weighted by Gasteiger charge is 2.38. The number of benzene rings is 2. The van der Waals surface area contributed by atoms with Crippen molar-refractivity contribution in [1.29, 1.82) is 5.26 Å². The third kappa shape index (κ3) is 4.09. The van der Waals surface area contributed by atoms with E-state index in [4.69, 9.17) is 43.1 Å². The molecule has 0 saturated carbocycles.